The Labute approximate surface area is 346 Å². The molecule has 0 saturated carbocycles. The number of ether oxygens (including phenoxy) is 3. The molecule has 1 aliphatic heterocycles. The van der Waals surface area contributed by atoms with Crippen molar-refractivity contribution in [3.8, 4) is 0 Å². The number of hydrogen-bond donors (Lipinski definition) is 1. The lowest BCUT2D eigenvalue weighted by molar-refractivity contribution is -0.180. The van der Waals surface area contributed by atoms with Crippen LogP contribution in [0.4, 0.5) is 0 Å². The third kappa shape index (κ3) is 29.6. The van der Waals surface area contributed by atoms with Crippen molar-refractivity contribution < 1.29 is 19.3 Å². The Morgan fingerprint density at radius 1 is 0.600 bits per heavy atom. The van der Waals surface area contributed by atoms with Crippen LogP contribution in [0.1, 0.15) is 260 Å². The molecule has 1 fully saturated rings. The lowest BCUT2D eigenvalue weighted by Crippen LogP contribution is -2.31. The minimum absolute atomic E-state index is 0.0499. The Morgan fingerprint density at radius 2 is 1.05 bits per heavy atom. The maximum absolute atomic E-state index is 9.45. The van der Waals surface area contributed by atoms with Gasteiger partial charge in [0.25, 0.3) is 0 Å². The molecule has 1 aliphatic rings. The molecule has 0 amide bonds. The van der Waals surface area contributed by atoms with E-state index in [2.05, 4.69) is 46.4 Å². The highest BCUT2D eigenvalue weighted by Gasteiger charge is 2.40. The second kappa shape index (κ2) is 36.8. The van der Waals surface area contributed by atoms with Crippen LogP contribution < -0.4 is 0 Å². The van der Waals surface area contributed by atoms with Gasteiger partial charge in [0.15, 0.2) is 5.79 Å². The summed E-state index contributed by atoms with van der Waals surface area (Å²) in [6.45, 7) is 19.5. The van der Waals surface area contributed by atoms with E-state index in [1.807, 2.05) is 0 Å². The molecule has 0 aromatic heterocycles. The maximum Gasteiger partial charge on any atom is 0.168 e. The molecule has 1 rings (SSSR count). The third-order valence-electron chi connectivity index (χ3n) is 12.6. The predicted molar refractivity (Wildman–Crippen MR) is 240 cm³/mol. The topological polar surface area (TPSA) is 51.2 Å². The molecule has 4 atom stereocenters. The van der Waals surface area contributed by atoms with E-state index in [9.17, 15) is 5.11 Å². The summed E-state index contributed by atoms with van der Waals surface area (Å²) >= 11 is 0. The Bertz CT molecular complexity index is 796. The lowest BCUT2D eigenvalue weighted by Gasteiger charge is -2.32. The molecular weight excluding hydrogens is 679 g/mol. The van der Waals surface area contributed by atoms with E-state index in [4.69, 9.17) is 14.2 Å². The summed E-state index contributed by atoms with van der Waals surface area (Å²) in [6.07, 6.45) is 43.6. The molecule has 0 spiro atoms. The molecule has 0 aliphatic carbocycles. The first-order valence-electron chi connectivity index (χ1n) is 25.1. The standard InChI is InChI=1S/C50H101NO4/c1-7-11-15-19-21-23-28-38-49(6,37-27-17-13-9-3)53-45-47(5)35-25-31-41-51(43-33-34-44-52)42-32-26-36-48-46-54-50(55-48,39-29-18-14-10-4)40-30-24-22-20-16-12-8-2/h47-48,52H,7-46H2,1-6H3. The number of hydrogen-bond acceptors (Lipinski definition) is 5. The van der Waals surface area contributed by atoms with Crippen LogP contribution in [0.15, 0.2) is 0 Å². The van der Waals surface area contributed by atoms with Crippen LogP contribution in [-0.2, 0) is 14.2 Å². The van der Waals surface area contributed by atoms with Crippen LogP contribution in [0.5, 0.6) is 0 Å². The number of aliphatic hydroxyl groups excluding tert-OH is 1. The predicted octanol–water partition coefficient (Wildman–Crippen LogP) is 15.1. The van der Waals surface area contributed by atoms with E-state index < -0.39 is 0 Å². The minimum Gasteiger partial charge on any atom is -0.396 e. The van der Waals surface area contributed by atoms with Gasteiger partial charge in [0, 0.05) is 26.1 Å². The highest BCUT2D eigenvalue weighted by molar-refractivity contribution is 4.80. The van der Waals surface area contributed by atoms with Gasteiger partial charge in [-0.25, -0.2) is 0 Å². The molecule has 1 N–H and O–H groups in total. The van der Waals surface area contributed by atoms with Crippen LogP contribution in [0.3, 0.4) is 0 Å². The first kappa shape index (κ1) is 52.8. The van der Waals surface area contributed by atoms with Crippen LogP contribution in [-0.4, -0.2) is 67.0 Å². The summed E-state index contributed by atoms with van der Waals surface area (Å²) in [5.41, 5.74) is 0.0499. The van der Waals surface area contributed by atoms with E-state index in [1.54, 1.807) is 0 Å². The molecule has 4 unspecified atom stereocenters. The van der Waals surface area contributed by atoms with E-state index in [0.29, 0.717) is 12.5 Å². The largest absolute Gasteiger partial charge is 0.396 e. The van der Waals surface area contributed by atoms with Crippen molar-refractivity contribution in [2.75, 3.05) is 39.5 Å². The smallest absolute Gasteiger partial charge is 0.168 e. The van der Waals surface area contributed by atoms with Crippen molar-refractivity contribution in [1.29, 1.82) is 0 Å². The molecule has 0 bridgehead atoms. The molecule has 5 heteroatoms. The Kier molecular flexibility index (Phi) is 35.4. The molecular formula is C50H101NO4. The van der Waals surface area contributed by atoms with E-state index in [-0.39, 0.29) is 17.5 Å². The minimum atomic E-state index is -0.318. The van der Waals surface area contributed by atoms with Gasteiger partial charge in [-0.1, -0.05) is 169 Å². The fourth-order valence-electron chi connectivity index (χ4n) is 8.71. The van der Waals surface area contributed by atoms with Gasteiger partial charge in [0.1, 0.15) is 0 Å². The first-order chi connectivity index (χ1) is 26.9. The van der Waals surface area contributed by atoms with Crippen LogP contribution in [0.25, 0.3) is 0 Å². The monoisotopic (exact) mass is 780 g/mol. The Balaban J connectivity index is 2.46. The first-order valence-corrected chi connectivity index (χ1v) is 25.1. The van der Waals surface area contributed by atoms with Crippen molar-refractivity contribution in [2.24, 2.45) is 5.92 Å². The van der Waals surface area contributed by atoms with Gasteiger partial charge in [-0.05, 0) is 103 Å². The van der Waals surface area contributed by atoms with Crippen LogP contribution in [0.2, 0.25) is 0 Å². The van der Waals surface area contributed by atoms with Crippen molar-refractivity contribution in [3.63, 3.8) is 0 Å². The fourth-order valence-corrected chi connectivity index (χ4v) is 8.71. The quantitative estimate of drug-likeness (QED) is 0.0625. The van der Waals surface area contributed by atoms with Gasteiger partial charge in [-0.2, -0.15) is 0 Å². The molecule has 0 aromatic carbocycles. The maximum atomic E-state index is 9.45. The molecule has 0 aromatic rings. The summed E-state index contributed by atoms with van der Waals surface area (Å²) in [5, 5.41) is 9.45. The van der Waals surface area contributed by atoms with Crippen LogP contribution in [0, 0.1) is 5.92 Å². The third-order valence-corrected chi connectivity index (χ3v) is 12.6. The summed E-state index contributed by atoms with van der Waals surface area (Å²) in [5.74, 6) is 0.297. The second-order valence-electron chi connectivity index (χ2n) is 18.5. The zero-order valence-corrected chi connectivity index (χ0v) is 38.6. The lowest BCUT2D eigenvalue weighted by atomic mass is 9.91. The molecule has 330 valence electrons. The number of aliphatic hydroxyl groups is 1. The summed E-state index contributed by atoms with van der Waals surface area (Å²) < 4.78 is 20.1. The van der Waals surface area contributed by atoms with Crippen molar-refractivity contribution in [3.05, 3.63) is 0 Å². The summed E-state index contributed by atoms with van der Waals surface area (Å²) in [7, 11) is 0. The van der Waals surface area contributed by atoms with Gasteiger partial charge in [0.05, 0.1) is 18.3 Å². The molecule has 55 heavy (non-hydrogen) atoms. The Hall–Kier alpha value is -0.200. The SMILES string of the molecule is CCCCCCCCCC(C)(CCCCCC)OCC(C)CCCCN(CCCCO)CCCCC1COC(CCCCCC)(CCCCCCCCC)O1. The van der Waals surface area contributed by atoms with Crippen molar-refractivity contribution in [2.45, 2.75) is 277 Å². The number of unbranched alkanes of at least 4 members (excludes halogenated alkanes) is 21. The second-order valence-corrected chi connectivity index (χ2v) is 18.5. The highest BCUT2D eigenvalue weighted by atomic mass is 16.7. The van der Waals surface area contributed by atoms with Crippen molar-refractivity contribution in [1.82, 2.24) is 4.90 Å². The van der Waals surface area contributed by atoms with Gasteiger partial charge < -0.3 is 24.2 Å². The summed E-state index contributed by atoms with van der Waals surface area (Å²) in [4.78, 5) is 2.68. The number of nitrogens with zero attached hydrogens (tertiary/aromatic N) is 1. The number of rotatable bonds is 43. The molecule has 1 saturated heterocycles. The van der Waals surface area contributed by atoms with E-state index in [0.717, 1.165) is 58.4 Å². The Morgan fingerprint density at radius 3 is 1.60 bits per heavy atom. The van der Waals surface area contributed by atoms with Gasteiger partial charge in [0.2, 0.25) is 0 Å². The summed E-state index contributed by atoms with van der Waals surface area (Å²) in [6, 6.07) is 0. The molecule has 5 nitrogen and oxygen atoms in total. The molecule has 1 heterocycles. The van der Waals surface area contributed by atoms with Gasteiger partial charge in [-0.3, -0.25) is 0 Å². The zero-order chi connectivity index (χ0) is 40.1. The zero-order valence-electron chi connectivity index (χ0n) is 38.6. The normalized spacial score (nSPS) is 19.1. The van der Waals surface area contributed by atoms with Gasteiger partial charge >= 0.3 is 0 Å². The highest BCUT2D eigenvalue weighted by Crippen LogP contribution is 2.36. The molecule has 0 radical (unpaired) electrons. The average Bonchev–Trinajstić information content (AvgIpc) is 3.59. The van der Waals surface area contributed by atoms with E-state index in [1.165, 1.54) is 193 Å². The van der Waals surface area contributed by atoms with Gasteiger partial charge in [-0.15, -0.1) is 0 Å². The van der Waals surface area contributed by atoms with Crippen LogP contribution >= 0.6 is 0 Å². The average molecular weight is 780 g/mol. The van der Waals surface area contributed by atoms with Crippen molar-refractivity contribution >= 4 is 0 Å². The fraction of sp³-hybridized carbons (Fsp3) is 1.00. The van der Waals surface area contributed by atoms with E-state index >= 15 is 0 Å².